The number of hydrogen-bond donors (Lipinski definition) is 1. The molecule has 0 heterocycles. The molecule has 1 aliphatic carbocycles. The van der Waals surface area contributed by atoms with Crippen molar-refractivity contribution in [3.63, 3.8) is 0 Å². The molecule has 1 aromatic carbocycles. The summed E-state index contributed by atoms with van der Waals surface area (Å²) in [5.41, 5.74) is 0.208. The molecule has 1 amide bonds. The van der Waals surface area contributed by atoms with Crippen LogP contribution in [0.5, 0.6) is 0 Å². The summed E-state index contributed by atoms with van der Waals surface area (Å²) >= 11 is 0. The smallest absolute Gasteiger partial charge is 0.341 e. The lowest BCUT2D eigenvalue weighted by molar-refractivity contribution is -0.114. The molecule has 0 fully saturated rings. The number of nitrogens with one attached hydrogen (secondary N) is 1. The monoisotopic (exact) mass is 305 g/mol. The first-order chi connectivity index (χ1) is 10.5. The number of amides is 1. The summed E-state index contributed by atoms with van der Waals surface area (Å²) in [7, 11) is 0. The van der Waals surface area contributed by atoms with Crippen molar-refractivity contribution in [1.29, 1.82) is 0 Å². The highest BCUT2D eigenvalue weighted by Crippen LogP contribution is 2.25. The molecule has 118 valence electrons. The average molecular weight is 305 g/mol. The average Bonchev–Trinajstić information content (AvgIpc) is 2.47. The van der Waals surface area contributed by atoms with Crippen LogP contribution in [0.2, 0.25) is 0 Å². The van der Waals surface area contributed by atoms with Gasteiger partial charge in [-0.2, -0.15) is 0 Å². The molecule has 2 rings (SSSR count). The van der Waals surface area contributed by atoms with Crippen LogP contribution >= 0.6 is 0 Å². The first kappa shape index (κ1) is 16.2. The molecule has 1 aromatic rings. The molecular weight excluding hydrogens is 285 g/mol. The Balaban J connectivity index is 2.02. The van der Waals surface area contributed by atoms with Gasteiger partial charge in [0.1, 0.15) is 5.82 Å². The zero-order chi connectivity index (χ0) is 16.1. The van der Waals surface area contributed by atoms with Gasteiger partial charge in [0, 0.05) is 12.6 Å². The van der Waals surface area contributed by atoms with Gasteiger partial charge in [0.05, 0.1) is 12.2 Å². The molecular formula is C17H20FNO3. The highest BCUT2D eigenvalue weighted by molar-refractivity contribution is 5.93. The van der Waals surface area contributed by atoms with Gasteiger partial charge in [-0.1, -0.05) is 19.1 Å². The molecule has 0 saturated heterocycles. The molecule has 0 saturated carbocycles. The van der Waals surface area contributed by atoms with Crippen LogP contribution in [0.25, 0.3) is 0 Å². The van der Waals surface area contributed by atoms with E-state index in [0.29, 0.717) is 11.6 Å². The lowest BCUT2D eigenvalue weighted by Crippen LogP contribution is -2.22. The van der Waals surface area contributed by atoms with Crippen molar-refractivity contribution in [3.8, 4) is 0 Å². The molecule has 0 aliphatic heterocycles. The number of halogens is 1. The number of carbonyl (C=O) groups excluding carboxylic acids is 2. The molecule has 2 atom stereocenters. The minimum Gasteiger partial charge on any atom is -0.462 e. The summed E-state index contributed by atoms with van der Waals surface area (Å²) in [5.74, 6) is -0.945. The second-order valence-corrected chi connectivity index (χ2v) is 5.65. The first-order valence-corrected chi connectivity index (χ1v) is 7.36. The third kappa shape index (κ3) is 4.16. The summed E-state index contributed by atoms with van der Waals surface area (Å²) in [5, 5.41) is 2.52. The first-order valence-electron chi connectivity index (χ1n) is 7.36. The molecule has 1 N–H and O–H groups in total. The second-order valence-electron chi connectivity index (χ2n) is 5.65. The maximum atomic E-state index is 13.8. The highest BCUT2D eigenvalue weighted by atomic mass is 19.1. The van der Waals surface area contributed by atoms with Crippen LogP contribution < -0.4 is 5.32 Å². The minimum absolute atomic E-state index is 0.162. The van der Waals surface area contributed by atoms with Gasteiger partial charge in [0.15, 0.2) is 0 Å². The lowest BCUT2D eigenvalue weighted by Gasteiger charge is -2.24. The van der Waals surface area contributed by atoms with E-state index in [-0.39, 0.29) is 24.0 Å². The van der Waals surface area contributed by atoms with Crippen molar-refractivity contribution < 1.29 is 18.7 Å². The molecule has 4 nitrogen and oxygen atoms in total. The van der Waals surface area contributed by atoms with Gasteiger partial charge in [0.2, 0.25) is 5.91 Å². The van der Waals surface area contributed by atoms with Crippen molar-refractivity contribution in [2.45, 2.75) is 26.7 Å². The molecule has 1 aliphatic rings. The molecule has 0 aromatic heterocycles. The van der Waals surface area contributed by atoms with Crippen LogP contribution in [0.1, 0.15) is 37.0 Å². The number of rotatable bonds is 4. The molecule has 5 heteroatoms. The number of benzene rings is 1. The van der Waals surface area contributed by atoms with Crippen molar-refractivity contribution in [2.24, 2.45) is 11.8 Å². The summed E-state index contributed by atoms with van der Waals surface area (Å²) in [4.78, 5) is 23.1. The van der Waals surface area contributed by atoms with Crippen molar-refractivity contribution in [1.82, 2.24) is 0 Å². The fourth-order valence-electron chi connectivity index (χ4n) is 2.46. The van der Waals surface area contributed by atoms with Crippen LogP contribution in [0.15, 0.2) is 30.4 Å². The summed E-state index contributed by atoms with van der Waals surface area (Å²) < 4.78 is 19.0. The van der Waals surface area contributed by atoms with E-state index in [0.717, 1.165) is 18.9 Å². The topological polar surface area (TPSA) is 55.4 Å². The Bertz CT molecular complexity index is 598. The molecule has 2 unspecified atom stereocenters. The van der Waals surface area contributed by atoms with Gasteiger partial charge in [0.25, 0.3) is 0 Å². The van der Waals surface area contributed by atoms with Gasteiger partial charge < -0.3 is 10.1 Å². The Hall–Kier alpha value is -2.17. The van der Waals surface area contributed by atoms with Gasteiger partial charge in [-0.15, -0.1) is 0 Å². The Morgan fingerprint density at radius 1 is 1.32 bits per heavy atom. The Morgan fingerprint density at radius 3 is 2.73 bits per heavy atom. The normalized spacial score (nSPS) is 20.5. The fraction of sp³-hybridized carbons (Fsp3) is 0.412. The Morgan fingerprint density at radius 2 is 2.05 bits per heavy atom. The largest absolute Gasteiger partial charge is 0.462 e. The lowest BCUT2D eigenvalue weighted by atomic mass is 9.85. The molecule has 0 radical (unpaired) electrons. The van der Waals surface area contributed by atoms with Crippen molar-refractivity contribution in [3.05, 3.63) is 41.7 Å². The van der Waals surface area contributed by atoms with Gasteiger partial charge in [-0.05, 0) is 42.9 Å². The number of ether oxygens (including phenoxy) is 1. The third-order valence-corrected chi connectivity index (χ3v) is 3.85. The van der Waals surface area contributed by atoms with Crippen molar-refractivity contribution in [2.75, 3.05) is 11.9 Å². The quantitative estimate of drug-likeness (QED) is 0.684. The predicted molar refractivity (Wildman–Crippen MR) is 82.0 cm³/mol. The number of carbonyl (C=O) groups is 2. The Kier molecular flexibility index (Phi) is 5.31. The maximum Gasteiger partial charge on any atom is 0.341 e. The fourth-order valence-corrected chi connectivity index (χ4v) is 2.46. The Labute approximate surface area is 129 Å². The SMILES string of the molecule is CC(=O)Nc1ccc(F)c(C(=O)OCC2CC=CCC2C)c1. The van der Waals surface area contributed by atoms with E-state index in [2.05, 4.69) is 24.4 Å². The highest BCUT2D eigenvalue weighted by Gasteiger charge is 2.21. The summed E-state index contributed by atoms with van der Waals surface area (Å²) in [6.45, 7) is 3.73. The van der Waals surface area contributed by atoms with E-state index in [1.54, 1.807) is 0 Å². The zero-order valence-electron chi connectivity index (χ0n) is 12.8. The van der Waals surface area contributed by atoms with Gasteiger partial charge in [-0.3, -0.25) is 4.79 Å². The number of hydrogen-bond acceptors (Lipinski definition) is 3. The standard InChI is InChI=1S/C17H20FNO3/c1-11-5-3-4-6-13(11)10-22-17(21)15-9-14(19-12(2)20)7-8-16(15)18/h3-4,7-9,11,13H,5-6,10H2,1-2H3,(H,19,20). The predicted octanol–water partition coefficient (Wildman–Crippen LogP) is 3.54. The molecule has 0 spiro atoms. The zero-order valence-corrected chi connectivity index (χ0v) is 12.8. The van der Waals surface area contributed by atoms with E-state index in [9.17, 15) is 14.0 Å². The van der Waals surface area contributed by atoms with Crippen LogP contribution in [0, 0.1) is 17.7 Å². The van der Waals surface area contributed by atoms with E-state index in [1.807, 2.05) is 0 Å². The minimum atomic E-state index is -0.702. The van der Waals surface area contributed by atoms with Crippen molar-refractivity contribution >= 4 is 17.6 Å². The van der Waals surface area contributed by atoms with Gasteiger partial charge >= 0.3 is 5.97 Å². The van der Waals surface area contributed by atoms with Gasteiger partial charge in [-0.25, -0.2) is 9.18 Å². The molecule has 22 heavy (non-hydrogen) atoms. The van der Waals surface area contributed by atoms with Crippen LogP contribution in [0.3, 0.4) is 0 Å². The van der Waals surface area contributed by atoms with Crippen LogP contribution in [-0.2, 0) is 9.53 Å². The van der Waals surface area contributed by atoms with E-state index in [1.165, 1.54) is 19.1 Å². The third-order valence-electron chi connectivity index (χ3n) is 3.85. The van der Waals surface area contributed by atoms with Crippen LogP contribution in [-0.4, -0.2) is 18.5 Å². The molecule has 0 bridgehead atoms. The van der Waals surface area contributed by atoms with E-state index >= 15 is 0 Å². The summed E-state index contributed by atoms with van der Waals surface area (Å²) in [6.07, 6.45) is 6.04. The number of esters is 1. The maximum absolute atomic E-state index is 13.8. The van der Waals surface area contributed by atoms with E-state index in [4.69, 9.17) is 4.74 Å². The van der Waals surface area contributed by atoms with Crippen LogP contribution in [0.4, 0.5) is 10.1 Å². The summed E-state index contributed by atoms with van der Waals surface area (Å²) in [6, 6.07) is 3.85. The second kappa shape index (κ2) is 7.20. The number of allylic oxidation sites excluding steroid dienone is 2. The van der Waals surface area contributed by atoms with E-state index < -0.39 is 11.8 Å². The number of anilines is 1.